The molecule has 2 amide bonds. The van der Waals surface area contributed by atoms with Gasteiger partial charge in [-0.25, -0.2) is 0 Å². The van der Waals surface area contributed by atoms with Crippen LogP contribution in [0.4, 0.5) is 11.4 Å². The first-order chi connectivity index (χ1) is 14.2. The van der Waals surface area contributed by atoms with Crippen LogP contribution in [-0.4, -0.2) is 11.8 Å². The van der Waals surface area contributed by atoms with Gasteiger partial charge in [0.1, 0.15) is 0 Å². The highest BCUT2D eigenvalue weighted by molar-refractivity contribution is 6.05. The van der Waals surface area contributed by atoms with E-state index in [0.29, 0.717) is 17.7 Å². The Morgan fingerprint density at radius 3 is 2.00 bits per heavy atom. The van der Waals surface area contributed by atoms with Crippen LogP contribution in [-0.2, 0) is 4.79 Å². The van der Waals surface area contributed by atoms with E-state index in [1.165, 1.54) is 44.9 Å². The van der Waals surface area contributed by atoms with Gasteiger partial charge in [0.25, 0.3) is 5.91 Å². The van der Waals surface area contributed by atoms with Crippen LogP contribution in [0.5, 0.6) is 0 Å². The van der Waals surface area contributed by atoms with Crippen molar-refractivity contribution in [1.82, 2.24) is 0 Å². The molecule has 0 aliphatic rings. The lowest BCUT2D eigenvalue weighted by Gasteiger charge is -2.08. The molecule has 0 saturated carbocycles. The van der Waals surface area contributed by atoms with Crippen LogP contribution >= 0.6 is 0 Å². The second-order valence-electron chi connectivity index (χ2n) is 7.53. The summed E-state index contributed by atoms with van der Waals surface area (Å²) in [5.41, 5.74) is 1.93. The van der Waals surface area contributed by atoms with Crippen molar-refractivity contribution in [3.63, 3.8) is 0 Å². The number of rotatable bonds is 13. The second kappa shape index (κ2) is 13.5. The van der Waals surface area contributed by atoms with Gasteiger partial charge in [0.15, 0.2) is 0 Å². The quantitative estimate of drug-likeness (QED) is 0.367. The maximum atomic E-state index is 12.4. The topological polar surface area (TPSA) is 58.2 Å². The fraction of sp³-hybridized carbons (Fsp3) is 0.440. The molecule has 2 aromatic carbocycles. The molecule has 0 aromatic heterocycles. The first kappa shape index (κ1) is 22.7. The number of amides is 2. The Morgan fingerprint density at radius 1 is 0.690 bits per heavy atom. The normalized spacial score (nSPS) is 10.5. The van der Waals surface area contributed by atoms with Crippen LogP contribution in [0.15, 0.2) is 54.6 Å². The van der Waals surface area contributed by atoms with E-state index in [-0.39, 0.29) is 11.8 Å². The standard InChI is InChI=1S/C25H34N2O2/c1-2-3-4-5-6-7-8-9-13-19-24(28)26-23-18-14-15-21(20-23)25(29)27-22-16-11-10-12-17-22/h10-12,14-18,20H,2-9,13,19H2,1H3,(H,26,28)(H,27,29). The zero-order valence-electron chi connectivity index (χ0n) is 17.6. The monoisotopic (exact) mass is 394 g/mol. The number of unbranched alkanes of at least 4 members (excludes halogenated alkanes) is 8. The molecule has 0 aliphatic carbocycles. The number of para-hydroxylation sites is 1. The Hall–Kier alpha value is -2.62. The Labute approximate surface area is 175 Å². The Kier molecular flexibility index (Phi) is 10.6. The Morgan fingerprint density at radius 2 is 1.31 bits per heavy atom. The molecule has 0 spiro atoms. The molecule has 2 rings (SSSR count). The summed E-state index contributed by atoms with van der Waals surface area (Å²) in [6.45, 7) is 2.24. The van der Waals surface area contributed by atoms with Gasteiger partial charge in [0.05, 0.1) is 0 Å². The SMILES string of the molecule is CCCCCCCCCCCC(=O)Nc1cccc(C(=O)Nc2ccccc2)c1. The van der Waals surface area contributed by atoms with Gasteiger partial charge in [-0.3, -0.25) is 9.59 Å². The second-order valence-corrected chi connectivity index (χ2v) is 7.53. The molecule has 29 heavy (non-hydrogen) atoms. The van der Waals surface area contributed by atoms with Crippen LogP contribution in [0.2, 0.25) is 0 Å². The predicted octanol–water partition coefficient (Wildman–Crippen LogP) is 6.80. The van der Waals surface area contributed by atoms with Crippen LogP contribution < -0.4 is 10.6 Å². The summed E-state index contributed by atoms with van der Waals surface area (Å²) in [4.78, 5) is 24.6. The van der Waals surface area contributed by atoms with Crippen molar-refractivity contribution in [2.75, 3.05) is 10.6 Å². The van der Waals surface area contributed by atoms with Gasteiger partial charge >= 0.3 is 0 Å². The van der Waals surface area contributed by atoms with E-state index in [2.05, 4.69) is 17.6 Å². The van der Waals surface area contributed by atoms with E-state index in [1.807, 2.05) is 36.4 Å². The third-order valence-corrected chi connectivity index (χ3v) is 4.95. The van der Waals surface area contributed by atoms with Crippen LogP contribution in [0, 0.1) is 0 Å². The van der Waals surface area contributed by atoms with Crippen LogP contribution in [0.3, 0.4) is 0 Å². The van der Waals surface area contributed by atoms with E-state index < -0.39 is 0 Å². The van der Waals surface area contributed by atoms with Crippen molar-refractivity contribution >= 4 is 23.2 Å². The molecule has 0 fully saturated rings. The lowest BCUT2D eigenvalue weighted by Crippen LogP contribution is -2.14. The maximum Gasteiger partial charge on any atom is 0.255 e. The molecule has 4 heteroatoms. The molecule has 0 aliphatic heterocycles. The number of carbonyl (C=O) groups excluding carboxylic acids is 2. The zero-order chi connectivity index (χ0) is 20.7. The molecule has 0 saturated heterocycles. The molecule has 2 N–H and O–H groups in total. The van der Waals surface area contributed by atoms with Crippen molar-refractivity contribution in [3.05, 3.63) is 60.2 Å². The molecule has 0 unspecified atom stereocenters. The van der Waals surface area contributed by atoms with Crippen molar-refractivity contribution in [1.29, 1.82) is 0 Å². The molecule has 0 atom stereocenters. The first-order valence-corrected chi connectivity index (χ1v) is 11.0. The van der Waals surface area contributed by atoms with Crippen molar-refractivity contribution in [3.8, 4) is 0 Å². The number of hydrogen-bond donors (Lipinski definition) is 2. The van der Waals surface area contributed by atoms with Gasteiger partial charge in [0, 0.05) is 23.4 Å². The highest BCUT2D eigenvalue weighted by atomic mass is 16.2. The largest absolute Gasteiger partial charge is 0.326 e. The molecule has 0 heterocycles. The smallest absolute Gasteiger partial charge is 0.255 e. The third-order valence-electron chi connectivity index (χ3n) is 4.95. The van der Waals surface area contributed by atoms with E-state index in [0.717, 1.165) is 18.5 Å². The summed E-state index contributed by atoms with van der Waals surface area (Å²) < 4.78 is 0. The van der Waals surface area contributed by atoms with Gasteiger partial charge in [0.2, 0.25) is 5.91 Å². The lowest BCUT2D eigenvalue weighted by molar-refractivity contribution is -0.116. The summed E-state index contributed by atoms with van der Waals surface area (Å²) in [5, 5.41) is 5.76. The number of nitrogens with one attached hydrogen (secondary N) is 2. The zero-order valence-corrected chi connectivity index (χ0v) is 17.6. The van der Waals surface area contributed by atoms with Crippen molar-refractivity contribution in [2.45, 2.75) is 71.1 Å². The van der Waals surface area contributed by atoms with E-state index in [4.69, 9.17) is 0 Å². The summed E-state index contributed by atoms with van der Waals surface area (Å²) in [6, 6.07) is 16.4. The average Bonchev–Trinajstić information content (AvgIpc) is 2.73. The Bertz CT molecular complexity index is 743. The number of anilines is 2. The first-order valence-electron chi connectivity index (χ1n) is 11.0. The van der Waals surface area contributed by atoms with Crippen LogP contribution in [0.25, 0.3) is 0 Å². The van der Waals surface area contributed by atoms with E-state index in [1.54, 1.807) is 18.2 Å². The van der Waals surface area contributed by atoms with E-state index >= 15 is 0 Å². The van der Waals surface area contributed by atoms with Gasteiger partial charge in [-0.1, -0.05) is 82.6 Å². The summed E-state index contributed by atoms with van der Waals surface area (Å²) >= 11 is 0. The highest BCUT2D eigenvalue weighted by Gasteiger charge is 2.08. The van der Waals surface area contributed by atoms with Gasteiger partial charge in [-0.15, -0.1) is 0 Å². The maximum absolute atomic E-state index is 12.4. The number of benzene rings is 2. The number of hydrogen-bond acceptors (Lipinski definition) is 2. The molecule has 4 nitrogen and oxygen atoms in total. The molecular weight excluding hydrogens is 360 g/mol. The molecule has 2 aromatic rings. The molecule has 156 valence electrons. The van der Waals surface area contributed by atoms with Crippen molar-refractivity contribution in [2.24, 2.45) is 0 Å². The minimum absolute atomic E-state index is 0.00793. The summed E-state index contributed by atoms with van der Waals surface area (Å²) in [7, 11) is 0. The summed E-state index contributed by atoms with van der Waals surface area (Å²) in [5.74, 6) is -0.181. The predicted molar refractivity (Wildman–Crippen MR) is 121 cm³/mol. The van der Waals surface area contributed by atoms with Gasteiger partial charge in [-0.2, -0.15) is 0 Å². The van der Waals surface area contributed by atoms with Gasteiger partial charge < -0.3 is 10.6 Å². The van der Waals surface area contributed by atoms with Gasteiger partial charge in [-0.05, 0) is 36.8 Å². The summed E-state index contributed by atoms with van der Waals surface area (Å²) in [6.07, 6.45) is 11.6. The molecule has 0 bridgehead atoms. The fourth-order valence-corrected chi connectivity index (χ4v) is 3.28. The minimum atomic E-state index is -0.189. The molecule has 0 radical (unpaired) electrons. The minimum Gasteiger partial charge on any atom is -0.326 e. The lowest BCUT2D eigenvalue weighted by atomic mass is 10.1. The van der Waals surface area contributed by atoms with Crippen LogP contribution in [0.1, 0.15) is 81.5 Å². The molecular formula is C25H34N2O2. The van der Waals surface area contributed by atoms with Crippen molar-refractivity contribution < 1.29 is 9.59 Å². The third kappa shape index (κ3) is 9.42. The fourth-order valence-electron chi connectivity index (χ4n) is 3.28. The number of carbonyl (C=O) groups is 2. The highest BCUT2D eigenvalue weighted by Crippen LogP contribution is 2.15. The van der Waals surface area contributed by atoms with E-state index in [9.17, 15) is 9.59 Å². The average molecular weight is 395 g/mol. The Balaban J connectivity index is 1.67.